The number of benzene rings is 1. The van der Waals surface area contributed by atoms with Crippen molar-refractivity contribution in [2.45, 2.75) is 45.1 Å². The van der Waals surface area contributed by atoms with Crippen molar-refractivity contribution in [2.75, 3.05) is 13.1 Å². The fourth-order valence-corrected chi connectivity index (χ4v) is 3.74. The summed E-state index contributed by atoms with van der Waals surface area (Å²) >= 11 is 0. The zero-order chi connectivity index (χ0) is 15.5. The minimum absolute atomic E-state index is 0.175. The van der Waals surface area contributed by atoms with E-state index in [1.807, 2.05) is 13.0 Å². The fraction of sp³-hybridized carbons (Fsp3) is 0.625. The summed E-state index contributed by atoms with van der Waals surface area (Å²) in [6.45, 7) is 8.46. The third kappa shape index (κ3) is 4.05. The molecule has 4 nitrogen and oxygen atoms in total. The maximum Gasteiger partial charge on any atom is 0.240 e. The molecule has 1 aliphatic rings. The van der Waals surface area contributed by atoms with Gasteiger partial charge in [0.25, 0.3) is 0 Å². The molecule has 0 radical (unpaired) electrons. The smallest absolute Gasteiger partial charge is 0.240 e. The Morgan fingerprint density at radius 2 is 2.00 bits per heavy atom. The topological polar surface area (TPSA) is 58.2 Å². The summed E-state index contributed by atoms with van der Waals surface area (Å²) in [7, 11) is -3.41. The van der Waals surface area contributed by atoms with Crippen LogP contribution in [0.1, 0.15) is 39.2 Å². The zero-order valence-electron chi connectivity index (χ0n) is 13.1. The van der Waals surface area contributed by atoms with Gasteiger partial charge < -0.3 is 5.32 Å². The van der Waals surface area contributed by atoms with E-state index in [0.29, 0.717) is 23.9 Å². The van der Waals surface area contributed by atoms with Crippen LogP contribution in [-0.4, -0.2) is 21.5 Å². The molecular weight excluding hydrogens is 284 g/mol. The largest absolute Gasteiger partial charge is 0.313 e. The Balaban J connectivity index is 2.05. The van der Waals surface area contributed by atoms with Crippen molar-refractivity contribution in [3.8, 4) is 0 Å². The summed E-state index contributed by atoms with van der Waals surface area (Å²) in [6, 6.07) is 7.15. The van der Waals surface area contributed by atoms with Crippen molar-refractivity contribution in [2.24, 2.45) is 11.3 Å². The van der Waals surface area contributed by atoms with Crippen molar-refractivity contribution in [1.29, 1.82) is 0 Å². The van der Waals surface area contributed by atoms with Gasteiger partial charge in [-0.25, -0.2) is 13.1 Å². The van der Waals surface area contributed by atoms with Crippen LogP contribution in [0.25, 0.3) is 0 Å². The van der Waals surface area contributed by atoms with Gasteiger partial charge in [-0.1, -0.05) is 32.9 Å². The van der Waals surface area contributed by atoms with Gasteiger partial charge in [0.15, 0.2) is 0 Å². The molecule has 0 spiro atoms. The Kier molecular flexibility index (Phi) is 5.07. The van der Waals surface area contributed by atoms with Crippen LogP contribution in [0.5, 0.6) is 0 Å². The average Bonchev–Trinajstić information content (AvgIpc) is 3.25. The van der Waals surface area contributed by atoms with Crippen molar-refractivity contribution in [1.82, 2.24) is 10.0 Å². The molecule has 0 unspecified atom stereocenters. The molecule has 0 bridgehead atoms. The molecule has 0 heterocycles. The van der Waals surface area contributed by atoms with Gasteiger partial charge >= 0.3 is 0 Å². The summed E-state index contributed by atoms with van der Waals surface area (Å²) in [5.74, 6) is 0.514. The van der Waals surface area contributed by atoms with Crippen molar-refractivity contribution in [3.05, 3.63) is 29.8 Å². The molecule has 1 aliphatic carbocycles. The van der Waals surface area contributed by atoms with E-state index in [9.17, 15) is 8.42 Å². The molecule has 0 saturated heterocycles. The predicted molar refractivity (Wildman–Crippen MR) is 85.5 cm³/mol. The number of hydrogen-bond donors (Lipinski definition) is 2. The average molecular weight is 310 g/mol. The highest BCUT2D eigenvalue weighted by Gasteiger charge is 2.45. The molecule has 2 rings (SSSR count). The highest BCUT2D eigenvalue weighted by molar-refractivity contribution is 7.89. The molecule has 2 N–H and O–H groups in total. The third-order valence-corrected chi connectivity index (χ3v) is 5.92. The van der Waals surface area contributed by atoms with Crippen LogP contribution in [0.15, 0.2) is 29.2 Å². The maximum atomic E-state index is 12.4. The summed E-state index contributed by atoms with van der Waals surface area (Å²) in [5, 5.41) is 3.21. The lowest BCUT2D eigenvalue weighted by Crippen LogP contribution is -2.32. The first-order chi connectivity index (χ1) is 9.89. The van der Waals surface area contributed by atoms with E-state index in [1.54, 1.807) is 18.2 Å². The number of rotatable bonds is 8. The van der Waals surface area contributed by atoms with Crippen LogP contribution in [0.3, 0.4) is 0 Å². The molecule has 0 amide bonds. The summed E-state index contributed by atoms with van der Waals surface area (Å²) < 4.78 is 27.6. The molecule has 0 aromatic heterocycles. The molecule has 1 aromatic rings. The molecule has 5 heteroatoms. The molecule has 1 aromatic carbocycles. The minimum atomic E-state index is -3.41. The monoisotopic (exact) mass is 310 g/mol. The van der Waals surface area contributed by atoms with Crippen LogP contribution in [-0.2, 0) is 16.6 Å². The van der Waals surface area contributed by atoms with Crippen molar-refractivity contribution in [3.63, 3.8) is 0 Å². The molecule has 0 aliphatic heterocycles. The van der Waals surface area contributed by atoms with E-state index in [2.05, 4.69) is 23.9 Å². The Labute approximate surface area is 128 Å². The molecule has 0 atom stereocenters. The van der Waals surface area contributed by atoms with E-state index in [0.717, 1.165) is 24.9 Å². The quantitative estimate of drug-likeness (QED) is 0.775. The van der Waals surface area contributed by atoms with Crippen LogP contribution in [0.4, 0.5) is 0 Å². The second-order valence-corrected chi connectivity index (χ2v) is 8.04. The Morgan fingerprint density at radius 1 is 1.29 bits per heavy atom. The number of hydrogen-bond acceptors (Lipinski definition) is 3. The highest BCUT2D eigenvalue weighted by Crippen LogP contribution is 2.51. The molecular formula is C16H26N2O2S. The molecule has 1 fully saturated rings. The third-order valence-electron chi connectivity index (χ3n) is 4.52. The van der Waals surface area contributed by atoms with E-state index in [1.165, 1.54) is 0 Å². The van der Waals surface area contributed by atoms with Gasteiger partial charge in [0, 0.05) is 13.1 Å². The predicted octanol–water partition coefficient (Wildman–Crippen LogP) is 2.51. The Morgan fingerprint density at radius 3 is 2.57 bits per heavy atom. The van der Waals surface area contributed by atoms with Crippen LogP contribution < -0.4 is 10.0 Å². The van der Waals surface area contributed by atoms with Gasteiger partial charge in [0.05, 0.1) is 4.90 Å². The van der Waals surface area contributed by atoms with Crippen molar-refractivity contribution < 1.29 is 8.42 Å². The first-order valence-corrected chi connectivity index (χ1v) is 9.17. The van der Waals surface area contributed by atoms with Gasteiger partial charge in [-0.2, -0.15) is 0 Å². The van der Waals surface area contributed by atoms with E-state index in [-0.39, 0.29) is 5.41 Å². The van der Waals surface area contributed by atoms with Gasteiger partial charge in [0.2, 0.25) is 10.0 Å². The van der Waals surface area contributed by atoms with Gasteiger partial charge in [-0.3, -0.25) is 0 Å². The normalized spacial score (nSPS) is 17.1. The first-order valence-electron chi connectivity index (χ1n) is 7.69. The van der Waals surface area contributed by atoms with E-state index in [4.69, 9.17) is 0 Å². The summed E-state index contributed by atoms with van der Waals surface area (Å²) in [5.41, 5.74) is 1.17. The summed E-state index contributed by atoms with van der Waals surface area (Å²) in [4.78, 5) is 0.359. The molecule has 21 heavy (non-hydrogen) atoms. The van der Waals surface area contributed by atoms with Crippen LogP contribution >= 0.6 is 0 Å². The number of sulfonamides is 1. The fourth-order valence-electron chi connectivity index (χ4n) is 2.53. The SMILES string of the molecule is CCNCc1cccc(S(=O)(=O)NCC2(C(C)C)CC2)c1. The minimum Gasteiger partial charge on any atom is -0.313 e. The van der Waals surface area contributed by atoms with Gasteiger partial charge in [-0.15, -0.1) is 0 Å². The van der Waals surface area contributed by atoms with E-state index >= 15 is 0 Å². The lowest BCUT2D eigenvalue weighted by Gasteiger charge is -2.20. The van der Waals surface area contributed by atoms with Crippen LogP contribution in [0.2, 0.25) is 0 Å². The standard InChI is InChI=1S/C16H26N2O2S/c1-4-17-11-14-6-5-7-15(10-14)21(19,20)18-12-16(8-9-16)13(2)3/h5-7,10,13,17-18H,4,8-9,11-12H2,1-3H3. The Hall–Kier alpha value is -0.910. The highest BCUT2D eigenvalue weighted by atomic mass is 32.2. The Bertz CT molecular complexity index is 578. The lowest BCUT2D eigenvalue weighted by atomic mass is 9.93. The van der Waals surface area contributed by atoms with Crippen molar-refractivity contribution >= 4 is 10.0 Å². The van der Waals surface area contributed by atoms with Crippen LogP contribution in [0, 0.1) is 11.3 Å². The zero-order valence-corrected chi connectivity index (χ0v) is 14.0. The van der Waals surface area contributed by atoms with Gasteiger partial charge in [0.1, 0.15) is 0 Å². The maximum absolute atomic E-state index is 12.4. The second kappa shape index (κ2) is 6.46. The first kappa shape index (κ1) is 16.5. The van der Waals surface area contributed by atoms with Gasteiger partial charge in [-0.05, 0) is 48.4 Å². The summed E-state index contributed by atoms with van der Waals surface area (Å²) in [6.07, 6.45) is 2.24. The second-order valence-electron chi connectivity index (χ2n) is 6.27. The number of nitrogens with one attached hydrogen (secondary N) is 2. The molecule has 1 saturated carbocycles. The molecule has 118 valence electrons. The lowest BCUT2D eigenvalue weighted by molar-refractivity contribution is 0.357. The van der Waals surface area contributed by atoms with E-state index < -0.39 is 10.0 Å².